The Bertz CT molecular complexity index is 2360. The Morgan fingerprint density at radius 1 is 0.689 bits per heavy atom. The number of aldehydes is 1. The van der Waals surface area contributed by atoms with Gasteiger partial charge in [0, 0.05) is 84.9 Å². The van der Waals surface area contributed by atoms with Crippen LogP contribution in [0.2, 0.25) is 10.0 Å². The molecule has 0 saturated heterocycles. The molecule has 412 valence electrons. The number of aromatic nitrogens is 2. The molecule has 0 bridgehead atoms. The van der Waals surface area contributed by atoms with E-state index in [1.165, 1.54) is 16.8 Å². The van der Waals surface area contributed by atoms with Crippen LogP contribution in [0.4, 0.5) is 18.0 Å². The number of H-pyrrole nitrogens is 1. The number of nitrogens with zero attached hydrogens (tertiary/aromatic N) is 3. The molecule has 0 spiro atoms. The highest BCUT2D eigenvalue weighted by molar-refractivity contribution is 6.40. The van der Waals surface area contributed by atoms with Crippen molar-refractivity contribution in [2.45, 2.75) is 163 Å². The lowest BCUT2D eigenvalue weighted by atomic mass is 9.86. The summed E-state index contributed by atoms with van der Waals surface area (Å²) in [6, 6.07) is 20.9. The van der Waals surface area contributed by atoms with Crippen LogP contribution < -0.4 is 0 Å². The van der Waals surface area contributed by atoms with Gasteiger partial charge in [0.15, 0.2) is 0 Å². The van der Waals surface area contributed by atoms with Crippen molar-refractivity contribution < 1.29 is 46.6 Å². The number of carbonyl (C=O) groups excluding carboxylic acids is 4. The highest BCUT2D eigenvalue weighted by Gasteiger charge is 2.33. The number of carbonyl (C=O) groups is 4. The Kier molecular flexibility index (Phi) is 26.6. The van der Waals surface area contributed by atoms with Gasteiger partial charge in [0.25, 0.3) is 0 Å². The van der Waals surface area contributed by atoms with Gasteiger partial charge in [-0.2, -0.15) is 13.2 Å². The second-order valence-corrected chi connectivity index (χ2v) is 22.2. The number of ether oxygens (including phenoxy) is 3. The number of esters is 2. The van der Waals surface area contributed by atoms with Crippen molar-refractivity contribution in [3.8, 4) is 0 Å². The summed E-state index contributed by atoms with van der Waals surface area (Å²) in [6.45, 7) is 21.6. The molecule has 18 heteroatoms. The smallest absolute Gasteiger partial charge is 0.446 e. The van der Waals surface area contributed by atoms with Crippen molar-refractivity contribution in [1.29, 1.82) is 0 Å². The Morgan fingerprint density at radius 2 is 1.14 bits per heavy atom. The molecule has 4 heterocycles. The molecule has 2 aromatic carbocycles. The predicted octanol–water partition coefficient (Wildman–Crippen LogP) is 15.3. The first kappa shape index (κ1) is 64.2. The van der Waals surface area contributed by atoms with E-state index in [4.69, 9.17) is 65.4 Å². The topological polar surface area (TPSA) is 123 Å². The fourth-order valence-corrected chi connectivity index (χ4v) is 9.61. The minimum atomic E-state index is -4.64. The molecule has 0 aliphatic carbocycles. The first-order valence-corrected chi connectivity index (χ1v) is 27.2. The summed E-state index contributed by atoms with van der Waals surface area (Å²) in [5.41, 5.74) is 5.79. The van der Waals surface area contributed by atoms with E-state index in [0.717, 1.165) is 117 Å². The van der Waals surface area contributed by atoms with Gasteiger partial charge in [-0.15, -0.1) is 23.2 Å². The van der Waals surface area contributed by atoms with Crippen LogP contribution in [0.15, 0.2) is 73.1 Å². The van der Waals surface area contributed by atoms with Gasteiger partial charge in [-0.05, 0) is 135 Å². The lowest BCUT2D eigenvalue weighted by molar-refractivity contribution is -0.156. The van der Waals surface area contributed by atoms with Gasteiger partial charge in [-0.3, -0.25) is 28.8 Å². The summed E-state index contributed by atoms with van der Waals surface area (Å²) in [5, 5.41) is 1.80. The summed E-state index contributed by atoms with van der Waals surface area (Å²) in [5.74, 6) is -0.232. The van der Waals surface area contributed by atoms with Crippen molar-refractivity contribution >= 4 is 70.7 Å². The first-order chi connectivity index (χ1) is 34.8. The summed E-state index contributed by atoms with van der Waals surface area (Å²) in [4.78, 5) is 54.2. The number of nitrogens with one attached hydrogen (secondary N) is 1. The van der Waals surface area contributed by atoms with Crippen molar-refractivity contribution in [2.75, 3.05) is 31.6 Å². The molecule has 74 heavy (non-hydrogen) atoms. The third kappa shape index (κ3) is 20.8. The number of aromatic amines is 1. The number of halogens is 7. The minimum absolute atomic E-state index is 0.0985. The number of hydrogen-bond acceptors (Lipinski definition) is 9. The molecule has 6 rings (SSSR count). The van der Waals surface area contributed by atoms with E-state index in [-0.39, 0.29) is 35.5 Å². The fraction of sp³-hybridized carbons (Fsp3) is 0.571. The fourth-order valence-electron chi connectivity index (χ4n) is 9.09. The molecule has 1 N–H and O–H groups in total. The van der Waals surface area contributed by atoms with Crippen LogP contribution >= 0.6 is 46.4 Å². The number of alkyl halides is 5. The number of unbranched alkanes of at least 4 members (excludes halogenated alkanes) is 2. The molecular weight excluding hydrogens is 1040 g/mol. The summed E-state index contributed by atoms with van der Waals surface area (Å²) >= 11 is 22.8. The van der Waals surface area contributed by atoms with Crippen molar-refractivity contribution in [2.24, 2.45) is 10.8 Å². The standard InChI is InChI=1S/C29H41ClN2O4.C24H33ClN2O2.C2HF3O.CH2Cl2/c1-7-35-26(33)29(5,6)17-11-10-14-25(22-12-8-9-13-23(22)30)31-18-16-24-21(20-31)15-19-32(24)27(34)36-28(2,3)4;1-4-29-23(28)24(2,3)14-8-7-11-22(19-9-5-6-10-20(19)25)27-16-13-21-18(17-27)12-15-26-21;3-2(4,5)1-6;2-1-3/h8-9,12-13,15,19,25H,7,10-11,14,16-18,20H2,1-6H3;5-6,9-10,12,15,22,26H,4,7-8,11,13-14,16-17H2,1-3H3;1H;1H2. The predicted molar refractivity (Wildman–Crippen MR) is 290 cm³/mol. The molecule has 2 aromatic heterocycles. The lowest BCUT2D eigenvalue weighted by Crippen LogP contribution is -2.36. The zero-order chi connectivity index (χ0) is 55.3. The molecule has 0 radical (unpaired) electrons. The van der Waals surface area contributed by atoms with Crippen molar-refractivity contribution in [3.63, 3.8) is 0 Å². The van der Waals surface area contributed by atoms with E-state index in [2.05, 4.69) is 39.0 Å². The maximum absolute atomic E-state index is 12.7. The normalized spacial score (nSPS) is 14.8. The molecule has 0 saturated carbocycles. The summed E-state index contributed by atoms with van der Waals surface area (Å²) in [7, 11) is 0. The average Bonchev–Trinajstić information content (AvgIpc) is 4.00. The largest absolute Gasteiger partial charge is 0.466 e. The van der Waals surface area contributed by atoms with Gasteiger partial charge in [0.1, 0.15) is 5.60 Å². The van der Waals surface area contributed by atoms with E-state index in [0.29, 0.717) is 13.2 Å². The van der Waals surface area contributed by atoms with Gasteiger partial charge in [-0.1, -0.05) is 85.3 Å². The van der Waals surface area contributed by atoms with Crippen molar-refractivity contribution in [3.05, 3.63) is 117 Å². The summed E-state index contributed by atoms with van der Waals surface area (Å²) in [6.07, 6.45) is 7.17. The maximum Gasteiger partial charge on any atom is 0.446 e. The molecule has 2 aliphatic heterocycles. The second kappa shape index (κ2) is 30.6. The van der Waals surface area contributed by atoms with E-state index >= 15 is 0 Å². The first-order valence-electron chi connectivity index (χ1n) is 25.4. The number of rotatable bonds is 18. The molecule has 2 atom stereocenters. The zero-order valence-electron chi connectivity index (χ0n) is 44.5. The number of benzene rings is 2. The Hall–Kier alpha value is -4.05. The molecule has 4 aromatic rings. The third-order valence-electron chi connectivity index (χ3n) is 12.9. The number of fused-ring (bicyclic) bond motifs is 2. The van der Waals surface area contributed by atoms with Gasteiger partial charge < -0.3 is 19.2 Å². The van der Waals surface area contributed by atoms with Gasteiger partial charge in [0.05, 0.1) is 29.4 Å². The Morgan fingerprint density at radius 3 is 1.57 bits per heavy atom. The second-order valence-electron chi connectivity index (χ2n) is 20.6. The van der Waals surface area contributed by atoms with Crippen LogP contribution in [0.3, 0.4) is 0 Å². The summed E-state index contributed by atoms with van der Waals surface area (Å²) < 4.78 is 49.0. The molecule has 11 nitrogen and oxygen atoms in total. The monoisotopic (exact) mass is 1110 g/mol. The van der Waals surface area contributed by atoms with Crippen LogP contribution in [0.1, 0.15) is 159 Å². The van der Waals surface area contributed by atoms with Crippen LogP contribution in [-0.2, 0) is 54.5 Å². The van der Waals surface area contributed by atoms with Crippen molar-refractivity contribution in [1.82, 2.24) is 19.4 Å². The highest BCUT2D eigenvalue weighted by Crippen LogP contribution is 2.38. The molecular formula is C56H77Cl4F3N4O7. The Balaban J connectivity index is 0.000000340. The van der Waals surface area contributed by atoms with E-state index in [9.17, 15) is 27.6 Å². The average molecular weight is 1120 g/mol. The van der Waals surface area contributed by atoms with Gasteiger partial charge in [-0.25, -0.2) is 4.79 Å². The van der Waals surface area contributed by atoms with E-state index in [1.54, 1.807) is 4.57 Å². The van der Waals surface area contributed by atoms with Crippen LogP contribution in [0, 0.1) is 10.8 Å². The van der Waals surface area contributed by atoms with E-state index < -0.39 is 28.9 Å². The molecule has 2 unspecified atom stereocenters. The molecule has 0 fully saturated rings. The van der Waals surface area contributed by atoms with Gasteiger partial charge >= 0.3 is 24.2 Å². The molecule has 2 aliphatic rings. The number of hydrogen-bond donors (Lipinski definition) is 1. The van der Waals surface area contributed by atoms with Crippen LogP contribution in [-0.4, -0.2) is 87.1 Å². The van der Waals surface area contributed by atoms with Crippen LogP contribution in [0.25, 0.3) is 0 Å². The Labute approximate surface area is 457 Å². The van der Waals surface area contributed by atoms with Crippen LogP contribution in [0.5, 0.6) is 0 Å². The minimum Gasteiger partial charge on any atom is -0.466 e. The highest BCUT2D eigenvalue weighted by atomic mass is 35.5. The third-order valence-corrected chi connectivity index (χ3v) is 13.6. The molecule has 0 amide bonds. The lowest BCUT2D eigenvalue weighted by Gasteiger charge is -2.36. The maximum atomic E-state index is 12.7. The van der Waals surface area contributed by atoms with Gasteiger partial charge in [0.2, 0.25) is 6.29 Å². The zero-order valence-corrected chi connectivity index (χ0v) is 47.5. The quantitative estimate of drug-likeness (QED) is 0.0341. The van der Waals surface area contributed by atoms with E-state index in [1.807, 2.05) is 111 Å². The SMILES string of the molecule is CCOC(=O)C(C)(C)CCCCC(c1ccccc1Cl)N1CCc2[nH]ccc2C1.CCOC(=O)C(C)(C)CCCCC(c1ccccc1Cl)N1CCc2c(ccn2C(=O)OC(C)(C)C)C1.ClCCl.O=CC(F)(F)F.